The van der Waals surface area contributed by atoms with E-state index in [0.717, 1.165) is 25.0 Å². The first kappa shape index (κ1) is 15.1. The van der Waals surface area contributed by atoms with Gasteiger partial charge in [-0.1, -0.05) is 13.8 Å². The Bertz CT molecular complexity index is 246. The fourth-order valence-corrected chi connectivity index (χ4v) is 4.28. The van der Waals surface area contributed by atoms with E-state index in [-0.39, 0.29) is 11.3 Å². The van der Waals surface area contributed by atoms with Crippen molar-refractivity contribution in [2.75, 3.05) is 19.5 Å². The SMILES string of the molecule is COCCCS(=O)C1CC(C(C)C)CCC1N. The van der Waals surface area contributed by atoms with E-state index in [1.54, 1.807) is 7.11 Å². The normalized spacial score (nSPS) is 31.7. The van der Waals surface area contributed by atoms with Crippen LogP contribution in [0, 0.1) is 11.8 Å². The van der Waals surface area contributed by atoms with Crippen molar-refractivity contribution in [3.05, 3.63) is 0 Å². The van der Waals surface area contributed by atoms with Crippen LogP contribution in [0.15, 0.2) is 0 Å². The minimum absolute atomic E-state index is 0.133. The Morgan fingerprint density at radius 1 is 1.41 bits per heavy atom. The third-order valence-electron chi connectivity index (χ3n) is 3.86. The summed E-state index contributed by atoms with van der Waals surface area (Å²) in [7, 11) is 0.904. The molecule has 0 aromatic rings. The summed E-state index contributed by atoms with van der Waals surface area (Å²) in [6.45, 7) is 5.21. The lowest BCUT2D eigenvalue weighted by Gasteiger charge is -2.35. The molecule has 3 nitrogen and oxygen atoms in total. The summed E-state index contributed by atoms with van der Waals surface area (Å²) in [5, 5.41) is 0.202. The van der Waals surface area contributed by atoms with Gasteiger partial charge in [-0.25, -0.2) is 0 Å². The van der Waals surface area contributed by atoms with Crippen LogP contribution in [-0.2, 0) is 15.5 Å². The number of hydrogen-bond donors (Lipinski definition) is 1. The highest BCUT2D eigenvalue weighted by Crippen LogP contribution is 2.32. The van der Waals surface area contributed by atoms with Gasteiger partial charge in [-0.15, -0.1) is 0 Å². The molecule has 0 aromatic carbocycles. The number of nitrogens with two attached hydrogens (primary N) is 1. The molecule has 0 radical (unpaired) electrons. The molecule has 0 amide bonds. The quantitative estimate of drug-likeness (QED) is 0.743. The molecule has 4 atom stereocenters. The van der Waals surface area contributed by atoms with Gasteiger partial charge in [0.05, 0.1) is 5.25 Å². The average Bonchev–Trinajstić information content (AvgIpc) is 2.29. The molecule has 102 valence electrons. The summed E-state index contributed by atoms with van der Waals surface area (Å²) < 4.78 is 17.2. The van der Waals surface area contributed by atoms with Crippen molar-refractivity contribution in [3.63, 3.8) is 0 Å². The lowest BCUT2D eigenvalue weighted by molar-refractivity contribution is 0.199. The Morgan fingerprint density at radius 2 is 2.12 bits per heavy atom. The summed E-state index contributed by atoms with van der Waals surface area (Å²) >= 11 is 0. The van der Waals surface area contributed by atoms with Gasteiger partial charge in [-0.2, -0.15) is 0 Å². The lowest BCUT2D eigenvalue weighted by Crippen LogP contribution is -2.44. The molecule has 2 N–H and O–H groups in total. The summed E-state index contributed by atoms with van der Waals surface area (Å²) in [4.78, 5) is 0. The molecule has 1 fully saturated rings. The minimum Gasteiger partial charge on any atom is -0.385 e. The Hall–Kier alpha value is 0.0700. The number of rotatable bonds is 6. The van der Waals surface area contributed by atoms with E-state index in [1.165, 1.54) is 6.42 Å². The second-order valence-corrected chi connectivity index (χ2v) is 7.23. The van der Waals surface area contributed by atoms with Crippen molar-refractivity contribution in [2.45, 2.75) is 50.8 Å². The Morgan fingerprint density at radius 3 is 2.71 bits per heavy atom. The average molecular weight is 261 g/mol. The van der Waals surface area contributed by atoms with E-state index in [0.29, 0.717) is 18.4 Å². The number of methoxy groups -OCH3 is 1. The lowest BCUT2D eigenvalue weighted by atomic mass is 9.79. The largest absolute Gasteiger partial charge is 0.385 e. The zero-order valence-corrected chi connectivity index (χ0v) is 12.2. The first-order chi connectivity index (χ1) is 8.06. The fourth-order valence-electron chi connectivity index (χ4n) is 2.59. The maximum atomic E-state index is 12.2. The molecule has 17 heavy (non-hydrogen) atoms. The van der Waals surface area contributed by atoms with Crippen LogP contribution in [0.4, 0.5) is 0 Å². The third-order valence-corrected chi connectivity index (χ3v) is 5.77. The maximum absolute atomic E-state index is 12.2. The predicted molar refractivity (Wildman–Crippen MR) is 73.4 cm³/mol. The Kier molecular flexibility index (Phi) is 6.67. The summed E-state index contributed by atoms with van der Waals surface area (Å²) in [6, 6.07) is 0.133. The maximum Gasteiger partial charge on any atom is 0.0501 e. The molecule has 0 aromatic heterocycles. The standard InChI is InChI=1S/C13H27NO2S/c1-10(2)11-5-6-12(14)13(9-11)17(15)8-4-7-16-3/h10-13H,4-9,14H2,1-3H3. The van der Waals surface area contributed by atoms with Gasteiger partial charge in [0.25, 0.3) is 0 Å². The predicted octanol–water partition coefficient (Wildman–Crippen LogP) is 1.92. The summed E-state index contributed by atoms with van der Waals surface area (Å²) in [5.41, 5.74) is 6.12. The smallest absolute Gasteiger partial charge is 0.0501 e. The molecule has 0 heterocycles. The van der Waals surface area contributed by atoms with Crippen LogP contribution in [0.1, 0.15) is 39.5 Å². The van der Waals surface area contributed by atoms with Gasteiger partial charge in [0.2, 0.25) is 0 Å². The van der Waals surface area contributed by atoms with Crippen LogP contribution in [0.2, 0.25) is 0 Å². The van der Waals surface area contributed by atoms with Crippen molar-refractivity contribution in [2.24, 2.45) is 17.6 Å². The molecule has 1 aliphatic carbocycles. The number of hydrogen-bond acceptors (Lipinski definition) is 3. The van der Waals surface area contributed by atoms with Crippen LogP contribution in [-0.4, -0.2) is 35.0 Å². The molecule has 1 rings (SSSR count). The molecule has 0 bridgehead atoms. The molecular weight excluding hydrogens is 234 g/mol. The van der Waals surface area contributed by atoms with E-state index < -0.39 is 10.8 Å². The topological polar surface area (TPSA) is 52.3 Å². The van der Waals surface area contributed by atoms with Gasteiger partial charge in [-0.3, -0.25) is 4.21 Å². The van der Waals surface area contributed by atoms with E-state index in [9.17, 15) is 4.21 Å². The third kappa shape index (κ3) is 4.68. The number of ether oxygens (including phenoxy) is 1. The van der Waals surface area contributed by atoms with Gasteiger partial charge < -0.3 is 10.5 Å². The second-order valence-electron chi connectivity index (χ2n) is 5.45. The van der Waals surface area contributed by atoms with Gasteiger partial charge >= 0.3 is 0 Å². The van der Waals surface area contributed by atoms with Gasteiger partial charge in [-0.05, 0) is 37.5 Å². The zero-order chi connectivity index (χ0) is 12.8. The first-order valence-corrected chi connectivity index (χ1v) is 8.06. The molecule has 1 saturated carbocycles. The van der Waals surface area contributed by atoms with Crippen LogP contribution in [0.25, 0.3) is 0 Å². The minimum atomic E-state index is -0.780. The van der Waals surface area contributed by atoms with E-state index in [1.807, 2.05) is 0 Å². The van der Waals surface area contributed by atoms with Crippen molar-refractivity contribution >= 4 is 10.8 Å². The molecule has 4 heteroatoms. The monoisotopic (exact) mass is 261 g/mol. The van der Waals surface area contributed by atoms with Gasteiger partial charge in [0.1, 0.15) is 0 Å². The van der Waals surface area contributed by atoms with Crippen LogP contribution < -0.4 is 5.73 Å². The van der Waals surface area contributed by atoms with Crippen LogP contribution in [0.5, 0.6) is 0 Å². The van der Waals surface area contributed by atoms with Gasteiger partial charge in [0, 0.05) is 36.3 Å². The van der Waals surface area contributed by atoms with E-state index in [4.69, 9.17) is 10.5 Å². The highest BCUT2D eigenvalue weighted by atomic mass is 32.2. The van der Waals surface area contributed by atoms with Crippen molar-refractivity contribution in [1.82, 2.24) is 0 Å². The molecule has 4 unspecified atom stereocenters. The molecule has 0 spiro atoms. The van der Waals surface area contributed by atoms with E-state index in [2.05, 4.69) is 13.8 Å². The van der Waals surface area contributed by atoms with Crippen LogP contribution in [0.3, 0.4) is 0 Å². The highest BCUT2D eigenvalue weighted by molar-refractivity contribution is 7.85. The van der Waals surface area contributed by atoms with Crippen molar-refractivity contribution < 1.29 is 8.95 Å². The summed E-state index contributed by atoms with van der Waals surface area (Å²) in [5.74, 6) is 2.11. The van der Waals surface area contributed by atoms with Crippen molar-refractivity contribution in [1.29, 1.82) is 0 Å². The molecule has 0 saturated heterocycles. The Balaban J connectivity index is 2.45. The Labute approximate surface area is 108 Å². The fraction of sp³-hybridized carbons (Fsp3) is 1.00. The molecule has 0 aliphatic heterocycles. The van der Waals surface area contributed by atoms with Crippen LogP contribution >= 0.6 is 0 Å². The van der Waals surface area contributed by atoms with Gasteiger partial charge in [0.15, 0.2) is 0 Å². The van der Waals surface area contributed by atoms with E-state index >= 15 is 0 Å². The molecular formula is C13H27NO2S. The second kappa shape index (κ2) is 7.49. The van der Waals surface area contributed by atoms with Crippen molar-refractivity contribution in [3.8, 4) is 0 Å². The summed E-state index contributed by atoms with van der Waals surface area (Å²) in [6.07, 6.45) is 4.14. The zero-order valence-electron chi connectivity index (χ0n) is 11.4. The molecule has 1 aliphatic rings. The first-order valence-electron chi connectivity index (χ1n) is 6.68. The highest BCUT2D eigenvalue weighted by Gasteiger charge is 2.32.